The van der Waals surface area contributed by atoms with Gasteiger partial charge in [0.15, 0.2) is 0 Å². The van der Waals surface area contributed by atoms with Crippen molar-refractivity contribution in [3.8, 4) is 0 Å². The summed E-state index contributed by atoms with van der Waals surface area (Å²) in [6.45, 7) is 15.4. The van der Waals surface area contributed by atoms with Gasteiger partial charge in [-0.05, 0) is 82.7 Å². The van der Waals surface area contributed by atoms with Gasteiger partial charge in [-0.3, -0.25) is 4.99 Å². The van der Waals surface area contributed by atoms with Crippen LogP contribution in [0, 0.1) is 11.3 Å². The van der Waals surface area contributed by atoms with Gasteiger partial charge in [0, 0.05) is 30.1 Å². The van der Waals surface area contributed by atoms with Gasteiger partial charge >= 0.3 is 0 Å². The minimum atomic E-state index is 0.103. The first-order valence-electron chi connectivity index (χ1n) is 11.3. The average Bonchev–Trinajstić information content (AvgIpc) is 3.01. The van der Waals surface area contributed by atoms with E-state index in [-0.39, 0.29) is 5.41 Å². The van der Waals surface area contributed by atoms with Crippen molar-refractivity contribution in [2.24, 2.45) is 16.3 Å². The van der Waals surface area contributed by atoms with E-state index >= 15 is 0 Å². The van der Waals surface area contributed by atoms with Gasteiger partial charge in [0.05, 0.1) is 0 Å². The number of hydrogen-bond donors (Lipinski definition) is 0. The molecule has 3 nitrogen and oxygen atoms in total. The number of piperidine rings is 1. The summed E-state index contributed by atoms with van der Waals surface area (Å²) in [6.07, 6.45) is 3.59. The van der Waals surface area contributed by atoms with Crippen molar-refractivity contribution < 1.29 is 4.74 Å². The third-order valence-corrected chi connectivity index (χ3v) is 7.33. The Labute approximate surface area is 176 Å². The second kappa shape index (κ2) is 8.10. The molecule has 2 atom stereocenters. The lowest BCUT2D eigenvalue weighted by Crippen LogP contribution is -2.43. The number of fused-ring (bicyclic) bond motifs is 1. The highest BCUT2D eigenvalue weighted by Crippen LogP contribution is 2.50. The van der Waals surface area contributed by atoms with E-state index in [1.54, 1.807) is 0 Å². The monoisotopic (exact) mass is 392 g/mol. The maximum Gasteiger partial charge on any atom is 0.101 e. The number of likely N-dealkylation sites (tertiary alicyclic amines) is 1. The molecule has 2 heterocycles. The summed E-state index contributed by atoms with van der Waals surface area (Å²) in [7, 11) is 0. The van der Waals surface area contributed by atoms with E-state index in [0.717, 1.165) is 31.0 Å². The van der Waals surface area contributed by atoms with Gasteiger partial charge in [-0.15, -0.1) is 0 Å². The predicted molar refractivity (Wildman–Crippen MR) is 121 cm³/mol. The first kappa shape index (κ1) is 20.4. The van der Waals surface area contributed by atoms with E-state index in [9.17, 15) is 0 Å². The summed E-state index contributed by atoms with van der Waals surface area (Å²) in [5.74, 6) is 3.23. The summed E-state index contributed by atoms with van der Waals surface area (Å²) in [4.78, 5) is 7.76. The third kappa shape index (κ3) is 3.82. The Balaban J connectivity index is 1.51. The van der Waals surface area contributed by atoms with Crippen molar-refractivity contribution in [1.29, 1.82) is 0 Å². The molecule has 3 heteroatoms. The Bertz CT molecular complexity index is 843. The number of allylic oxidation sites excluding steroid dienone is 4. The Morgan fingerprint density at radius 3 is 2.41 bits per heavy atom. The van der Waals surface area contributed by atoms with E-state index in [0.29, 0.717) is 11.8 Å². The maximum atomic E-state index is 6.08. The van der Waals surface area contributed by atoms with Gasteiger partial charge in [-0.2, -0.15) is 0 Å². The summed E-state index contributed by atoms with van der Waals surface area (Å²) >= 11 is 0. The van der Waals surface area contributed by atoms with Crippen molar-refractivity contribution in [3.63, 3.8) is 0 Å². The van der Waals surface area contributed by atoms with Crippen LogP contribution in [0.15, 0.2) is 58.0 Å². The molecule has 3 aliphatic rings. The third-order valence-electron chi connectivity index (χ3n) is 7.33. The van der Waals surface area contributed by atoms with Crippen LogP contribution in [-0.2, 0) is 4.74 Å². The van der Waals surface area contributed by atoms with E-state index in [1.807, 2.05) is 0 Å². The Kier molecular flexibility index (Phi) is 5.70. The number of ether oxygens (including phenoxy) is 1. The quantitative estimate of drug-likeness (QED) is 0.632. The molecule has 1 saturated carbocycles. The van der Waals surface area contributed by atoms with Crippen LogP contribution in [0.25, 0.3) is 0 Å². The molecule has 29 heavy (non-hydrogen) atoms. The van der Waals surface area contributed by atoms with Crippen LogP contribution in [-0.4, -0.2) is 36.8 Å². The standard InChI is InChI=1S/C26H36N2O/c1-6-27-25-24-18(2)19(3)29-20(4)23(24)16-26(25,5)17-28-14-12-22(13-15-28)21-10-8-7-9-11-21/h7-11,22,24H,6,12-17H2,1-5H3. The van der Waals surface area contributed by atoms with E-state index in [4.69, 9.17) is 9.73 Å². The number of nitrogens with zero attached hydrogens (tertiary/aromatic N) is 2. The topological polar surface area (TPSA) is 24.8 Å². The lowest BCUT2D eigenvalue weighted by Gasteiger charge is -2.38. The largest absolute Gasteiger partial charge is 0.467 e. The van der Waals surface area contributed by atoms with Crippen molar-refractivity contribution in [2.75, 3.05) is 26.2 Å². The molecule has 0 radical (unpaired) electrons. The summed E-state index contributed by atoms with van der Waals surface area (Å²) in [6, 6.07) is 11.1. The predicted octanol–water partition coefficient (Wildman–Crippen LogP) is 5.95. The molecule has 2 fully saturated rings. The van der Waals surface area contributed by atoms with Crippen LogP contribution in [0.4, 0.5) is 0 Å². The molecular weight excluding hydrogens is 356 g/mol. The number of benzene rings is 1. The second-order valence-electron chi connectivity index (χ2n) is 9.41. The Morgan fingerprint density at radius 1 is 1.07 bits per heavy atom. The van der Waals surface area contributed by atoms with Gasteiger partial charge in [0.25, 0.3) is 0 Å². The van der Waals surface area contributed by atoms with E-state index in [1.165, 1.54) is 48.4 Å². The molecule has 2 unspecified atom stereocenters. The molecule has 0 bridgehead atoms. The minimum absolute atomic E-state index is 0.103. The first-order chi connectivity index (χ1) is 13.9. The van der Waals surface area contributed by atoms with Gasteiger partial charge < -0.3 is 9.64 Å². The van der Waals surface area contributed by atoms with Gasteiger partial charge in [0.1, 0.15) is 11.5 Å². The first-order valence-corrected chi connectivity index (χ1v) is 11.3. The molecule has 4 rings (SSSR count). The van der Waals surface area contributed by atoms with Crippen LogP contribution < -0.4 is 0 Å². The summed E-state index contributed by atoms with van der Waals surface area (Å²) < 4.78 is 6.08. The van der Waals surface area contributed by atoms with Crippen molar-refractivity contribution in [2.45, 2.75) is 59.8 Å². The Hall–Kier alpha value is -1.87. The highest BCUT2D eigenvalue weighted by molar-refractivity contribution is 6.00. The van der Waals surface area contributed by atoms with E-state index in [2.05, 4.69) is 69.9 Å². The molecule has 1 aliphatic carbocycles. The zero-order valence-electron chi connectivity index (χ0n) is 18.8. The Morgan fingerprint density at radius 2 is 1.76 bits per heavy atom. The average molecular weight is 393 g/mol. The second-order valence-corrected chi connectivity index (χ2v) is 9.41. The zero-order chi connectivity index (χ0) is 20.6. The van der Waals surface area contributed by atoms with Crippen molar-refractivity contribution in [1.82, 2.24) is 4.90 Å². The molecule has 1 aromatic carbocycles. The lowest BCUT2D eigenvalue weighted by molar-refractivity contribution is 0.169. The fraction of sp³-hybridized carbons (Fsp3) is 0.577. The van der Waals surface area contributed by atoms with Crippen LogP contribution >= 0.6 is 0 Å². The van der Waals surface area contributed by atoms with Crippen LogP contribution in [0.5, 0.6) is 0 Å². The van der Waals surface area contributed by atoms with Crippen LogP contribution in [0.1, 0.15) is 65.4 Å². The normalized spacial score (nSPS) is 30.1. The smallest absolute Gasteiger partial charge is 0.101 e. The molecule has 0 spiro atoms. The van der Waals surface area contributed by atoms with Gasteiger partial charge in [-0.25, -0.2) is 0 Å². The summed E-state index contributed by atoms with van der Waals surface area (Å²) in [5, 5.41) is 0. The van der Waals surface area contributed by atoms with Gasteiger partial charge in [0.2, 0.25) is 0 Å². The van der Waals surface area contributed by atoms with E-state index < -0.39 is 0 Å². The molecular formula is C26H36N2O. The van der Waals surface area contributed by atoms with Crippen molar-refractivity contribution >= 4 is 5.71 Å². The molecule has 1 aromatic rings. The molecule has 0 amide bonds. The number of rotatable bonds is 4. The highest BCUT2D eigenvalue weighted by atomic mass is 16.5. The lowest BCUT2D eigenvalue weighted by atomic mass is 9.81. The van der Waals surface area contributed by atoms with Crippen LogP contribution in [0.3, 0.4) is 0 Å². The molecule has 2 aliphatic heterocycles. The maximum absolute atomic E-state index is 6.08. The number of aliphatic imine (C=N–C) groups is 1. The number of hydrogen-bond acceptors (Lipinski definition) is 3. The minimum Gasteiger partial charge on any atom is -0.467 e. The fourth-order valence-electron chi connectivity index (χ4n) is 5.73. The zero-order valence-corrected chi connectivity index (χ0v) is 18.8. The van der Waals surface area contributed by atoms with Crippen LogP contribution in [0.2, 0.25) is 0 Å². The molecule has 1 saturated heterocycles. The highest BCUT2D eigenvalue weighted by Gasteiger charge is 2.49. The SMILES string of the molecule is CCN=C1C2C(C)=C(C)OC(C)=C2CC1(C)CN1CCC(c2ccccc2)CC1. The summed E-state index contributed by atoms with van der Waals surface area (Å²) in [5.41, 5.74) is 5.81. The molecule has 0 N–H and O–H groups in total. The van der Waals surface area contributed by atoms with Gasteiger partial charge in [-0.1, -0.05) is 37.3 Å². The molecule has 156 valence electrons. The van der Waals surface area contributed by atoms with Crippen molar-refractivity contribution in [3.05, 3.63) is 58.6 Å². The fourth-order valence-corrected chi connectivity index (χ4v) is 5.73. The molecule has 0 aromatic heterocycles.